The molecule has 2 atom stereocenters. The van der Waals surface area contributed by atoms with E-state index < -0.39 is 0 Å². The van der Waals surface area contributed by atoms with Crippen LogP contribution >= 0.6 is 0 Å². The number of hydrogen-bond acceptors (Lipinski definition) is 2. The van der Waals surface area contributed by atoms with Crippen molar-refractivity contribution in [3.8, 4) is 0 Å². The summed E-state index contributed by atoms with van der Waals surface area (Å²) in [6, 6.07) is 14.9. The minimum absolute atomic E-state index is 0.0843. The molecule has 1 heterocycles. The predicted octanol–water partition coefficient (Wildman–Crippen LogP) is 4.47. The average molecular weight is 270 g/mol. The van der Waals surface area contributed by atoms with Gasteiger partial charge in [0.05, 0.1) is 6.61 Å². The molecule has 0 spiro atoms. The van der Waals surface area contributed by atoms with Gasteiger partial charge in [-0.25, -0.2) is 0 Å². The van der Waals surface area contributed by atoms with Crippen LogP contribution in [0.4, 0.5) is 0 Å². The molecule has 3 rings (SSSR count). The molecule has 1 fully saturated rings. The third kappa shape index (κ3) is 2.46. The Balaban J connectivity index is 1.95. The second-order valence-electron chi connectivity index (χ2n) is 6.25. The van der Waals surface area contributed by atoms with Crippen LogP contribution in [0.3, 0.4) is 0 Å². The van der Waals surface area contributed by atoms with Crippen LogP contribution in [0.2, 0.25) is 0 Å². The number of rotatable bonds is 3. The van der Waals surface area contributed by atoms with E-state index in [0.717, 1.165) is 6.42 Å². The zero-order valence-corrected chi connectivity index (χ0v) is 12.4. The van der Waals surface area contributed by atoms with Gasteiger partial charge in [0.1, 0.15) is 5.60 Å². The minimum atomic E-state index is -0.347. The maximum Gasteiger partial charge on any atom is 0.159 e. The highest BCUT2D eigenvalue weighted by Crippen LogP contribution is 2.38. The molecular formula is C18H22O2. The standard InChI is InChI=1S/C18H22O2/c1-13(2)11-17-19-12-18(3,20-17)16-10-6-8-14-7-4-5-9-15(14)16/h4-10,13,17H,11-12H2,1-3H3/t17-,18-/m0/s1. The van der Waals surface area contributed by atoms with Gasteiger partial charge in [0.15, 0.2) is 6.29 Å². The van der Waals surface area contributed by atoms with Gasteiger partial charge in [0, 0.05) is 6.42 Å². The molecule has 106 valence electrons. The predicted molar refractivity (Wildman–Crippen MR) is 81.6 cm³/mol. The summed E-state index contributed by atoms with van der Waals surface area (Å²) in [5.74, 6) is 0.579. The maximum absolute atomic E-state index is 6.23. The fourth-order valence-corrected chi connectivity index (χ4v) is 2.94. The Morgan fingerprint density at radius 2 is 1.90 bits per heavy atom. The molecule has 0 radical (unpaired) electrons. The van der Waals surface area contributed by atoms with E-state index in [1.165, 1.54) is 16.3 Å². The van der Waals surface area contributed by atoms with Crippen molar-refractivity contribution in [1.82, 2.24) is 0 Å². The SMILES string of the molecule is CC(C)C[C@H]1OC[C@@](C)(c2cccc3ccccc23)O1. The summed E-state index contributed by atoms with van der Waals surface area (Å²) in [6.45, 7) is 7.15. The van der Waals surface area contributed by atoms with Crippen LogP contribution in [-0.2, 0) is 15.1 Å². The van der Waals surface area contributed by atoms with Crippen molar-refractivity contribution in [2.75, 3.05) is 6.61 Å². The van der Waals surface area contributed by atoms with Crippen molar-refractivity contribution in [2.24, 2.45) is 5.92 Å². The van der Waals surface area contributed by atoms with Crippen LogP contribution in [0, 0.1) is 5.92 Å². The van der Waals surface area contributed by atoms with Gasteiger partial charge < -0.3 is 9.47 Å². The minimum Gasteiger partial charge on any atom is -0.349 e. The monoisotopic (exact) mass is 270 g/mol. The van der Waals surface area contributed by atoms with Crippen molar-refractivity contribution < 1.29 is 9.47 Å². The van der Waals surface area contributed by atoms with E-state index in [4.69, 9.17) is 9.47 Å². The fraction of sp³-hybridized carbons (Fsp3) is 0.444. The zero-order chi connectivity index (χ0) is 14.2. The Hall–Kier alpha value is -1.38. The molecule has 0 aromatic heterocycles. The molecule has 0 saturated carbocycles. The van der Waals surface area contributed by atoms with Crippen LogP contribution in [0.25, 0.3) is 10.8 Å². The Bertz CT molecular complexity index is 600. The van der Waals surface area contributed by atoms with Crippen molar-refractivity contribution in [2.45, 2.75) is 39.1 Å². The molecule has 1 aliphatic rings. The smallest absolute Gasteiger partial charge is 0.159 e. The number of fused-ring (bicyclic) bond motifs is 1. The lowest BCUT2D eigenvalue weighted by atomic mass is 9.91. The number of ether oxygens (including phenoxy) is 2. The molecule has 1 aliphatic heterocycles. The maximum atomic E-state index is 6.23. The normalized spacial score (nSPS) is 26.5. The van der Waals surface area contributed by atoms with E-state index in [2.05, 4.69) is 63.2 Å². The molecule has 2 heteroatoms. The van der Waals surface area contributed by atoms with Gasteiger partial charge in [-0.15, -0.1) is 0 Å². The van der Waals surface area contributed by atoms with Crippen molar-refractivity contribution in [1.29, 1.82) is 0 Å². The molecule has 2 aromatic rings. The molecule has 0 bridgehead atoms. The first kappa shape index (κ1) is 13.6. The number of benzene rings is 2. The summed E-state index contributed by atoms with van der Waals surface area (Å²) >= 11 is 0. The number of hydrogen-bond donors (Lipinski definition) is 0. The van der Waals surface area contributed by atoms with Gasteiger partial charge in [-0.05, 0) is 29.2 Å². The highest BCUT2D eigenvalue weighted by Gasteiger charge is 2.39. The first-order valence-electron chi connectivity index (χ1n) is 7.36. The molecular weight excluding hydrogens is 248 g/mol. The summed E-state index contributed by atoms with van der Waals surface area (Å²) in [5, 5.41) is 2.51. The van der Waals surface area contributed by atoms with Crippen LogP contribution in [0.5, 0.6) is 0 Å². The zero-order valence-electron chi connectivity index (χ0n) is 12.4. The van der Waals surface area contributed by atoms with E-state index in [-0.39, 0.29) is 11.9 Å². The second-order valence-corrected chi connectivity index (χ2v) is 6.25. The van der Waals surface area contributed by atoms with E-state index in [9.17, 15) is 0 Å². The lowest BCUT2D eigenvalue weighted by Gasteiger charge is -2.25. The molecule has 1 saturated heterocycles. The molecule has 0 N–H and O–H groups in total. The lowest BCUT2D eigenvalue weighted by molar-refractivity contribution is -0.0950. The van der Waals surface area contributed by atoms with E-state index in [1.54, 1.807) is 0 Å². The highest BCUT2D eigenvalue weighted by atomic mass is 16.7. The molecule has 2 nitrogen and oxygen atoms in total. The summed E-state index contributed by atoms with van der Waals surface area (Å²) in [6.07, 6.45) is 0.861. The van der Waals surface area contributed by atoms with Gasteiger partial charge in [0.2, 0.25) is 0 Å². The molecule has 0 amide bonds. The Morgan fingerprint density at radius 1 is 1.15 bits per heavy atom. The Labute approximate surface area is 120 Å². The lowest BCUT2D eigenvalue weighted by Crippen LogP contribution is -2.25. The van der Waals surface area contributed by atoms with Crippen LogP contribution in [0.1, 0.15) is 32.8 Å². The third-order valence-corrected chi connectivity index (χ3v) is 3.96. The summed E-state index contributed by atoms with van der Waals surface area (Å²) in [4.78, 5) is 0. The molecule has 20 heavy (non-hydrogen) atoms. The van der Waals surface area contributed by atoms with E-state index in [0.29, 0.717) is 12.5 Å². The first-order valence-corrected chi connectivity index (χ1v) is 7.36. The van der Waals surface area contributed by atoms with E-state index >= 15 is 0 Å². The van der Waals surface area contributed by atoms with Gasteiger partial charge in [-0.2, -0.15) is 0 Å². The summed E-state index contributed by atoms with van der Waals surface area (Å²) in [7, 11) is 0. The Morgan fingerprint density at radius 3 is 2.70 bits per heavy atom. The largest absolute Gasteiger partial charge is 0.349 e. The average Bonchev–Trinajstić information content (AvgIpc) is 2.80. The summed E-state index contributed by atoms with van der Waals surface area (Å²) in [5.41, 5.74) is 0.877. The fourth-order valence-electron chi connectivity index (χ4n) is 2.94. The van der Waals surface area contributed by atoms with Gasteiger partial charge >= 0.3 is 0 Å². The van der Waals surface area contributed by atoms with Crippen molar-refractivity contribution >= 4 is 10.8 Å². The van der Waals surface area contributed by atoms with Gasteiger partial charge in [-0.1, -0.05) is 56.3 Å². The van der Waals surface area contributed by atoms with Gasteiger partial charge in [0.25, 0.3) is 0 Å². The second kappa shape index (κ2) is 5.19. The molecule has 2 aromatic carbocycles. The highest BCUT2D eigenvalue weighted by molar-refractivity contribution is 5.86. The Kier molecular flexibility index (Phi) is 3.53. The summed E-state index contributed by atoms with van der Waals surface area (Å²) < 4.78 is 12.1. The van der Waals surface area contributed by atoms with Gasteiger partial charge in [-0.3, -0.25) is 0 Å². The molecule has 0 aliphatic carbocycles. The van der Waals surface area contributed by atoms with Crippen molar-refractivity contribution in [3.05, 3.63) is 48.0 Å². The topological polar surface area (TPSA) is 18.5 Å². The quantitative estimate of drug-likeness (QED) is 0.819. The molecule has 0 unspecified atom stereocenters. The van der Waals surface area contributed by atoms with Crippen molar-refractivity contribution in [3.63, 3.8) is 0 Å². The van der Waals surface area contributed by atoms with Crippen LogP contribution in [0.15, 0.2) is 42.5 Å². The third-order valence-electron chi connectivity index (χ3n) is 3.96. The van der Waals surface area contributed by atoms with Crippen LogP contribution < -0.4 is 0 Å². The van der Waals surface area contributed by atoms with Crippen LogP contribution in [-0.4, -0.2) is 12.9 Å². The van der Waals surface area contributed by atoms with E-state index in [1.807, 2.05) is 0 Å². The first-order chi connectivity index (χ1) is 9.58.